The molecule has 2 unspecified atom stereocenters. The lowest BCUT2D eigenvalue weighted by molar-refractivity contribution is -0.140. The van der Waals surface area contributed by atoms with E-state index in [9.17, 15) is 14.4 Å². The maximum atomic E-state index is 11.5. The number of hydrogen-bond acceptors (Lipinski definition) is 4. The topological polar surface area (TPSA) is 60.4 Å². The predicted molar refractivity (Wildman–Crippen MR) is 66.9 cm³/mol. The van der Waals surface area contributed by atoms with Gasteiger partial charge in [-0.25, -0.2) is 0 Å². The van der Waals surface area contributed by atoms with Gasteiger partial charge in [0.15, 0.2) is 0 Å². The van der Waals surface area contributed by atoms with E-state index >= 15 is 0 Å². The van der Waals surface area contributed by atoms with Crippen LogP contribution >= 0.6 is 0 Å². The Labute approximate surface area is 107 Å². The smallest absolute Gasteiger partial charge is 0.305 e. The van der Waals surface area contributed by atoms with Crippen LogP contribution in [0.15, 0.2) is 12.2 Å². The summed E-state index contributed by atoms with van der Waals surface area (Å²) < 4.78 is 4.53. The molecule has 0 aromatic heterocycles. The fourth-order valence-corrected chi connectivity index (χ4v) is 2.23. The van der Waals surface area contributed by atoms with Crippen molar-refractivity contribution in [2.75, 3.05) is 7.11 Å². The van der Waals surface area contributed by atoms with Crippen LogP contribution in [0, 0.1) is 11.8 Å². The highest BCUT2D eigenvalue weighted by atomic mass is 16.5. The number of Topliss-reactive ketones (excluding diaryl/α,β-unsaturated/α-hetero) is 1. The molecule has 4 heteroatoms. The van der Waals surface area contributed by atoms with Gasteiger partial charge in [0.25, 0.3) is 0 Å². The number of esters is 1. The van der Waals surface area contributed by atoms with E-state index < -0.39 is 0 Å². The fraction of sp³-hybridized carbons (Fsp3) is 0.643. The summed E-state index contributed by atoms with van der Waals surface area (Å²) in [6, 6.07) is 0. The van der Waals surface area contributed by atoms with Crippen molar-refractivity contribution in [2.45, 2.75) is 38.5 Å². The number of aldehydes is 1. The number of ether oxygens (including phenoxy) is 1. The second-order valence-electron chi connectivity index (χ2n) is 4.59. The van der Waals surface area contributed by atoms with E-state index in [4.69, 9.17) is 0 Å². The molecule has 0 aromatic carbocycles. The third-order valence-electron chi connectivity index (χ3n) is 3.37. The molecular weight excluding hydrogens is 232 g/mol. The lowest BCUT2D eigenvalue weighted by atomic mass is 9.93. The Balaban J connectivity index is 2.21. The molecule has 0 heterocycles. The minimum atomic E-state index is -0.199. The van der Waals surface area contributed by atoms with Crippen molar-refractivity contribution in [1.29, 1.82) is 0 Å². The van der Waals surface area contributed by atoms with E-state index in [1.54, 1.807) is 0 Å². The second-order valence-corrected chi connectivity index (χ2v) is 4.59. The van der Waals surface area contributed by atoms with Crippen molar-refractivity contribution in [2.24, 2.45) is 11.8 Å². The zero-order valence-corrected chi connectivity index (χ0v) is 10.8. The van der Waals surface area contributed by atoms with Gasteiger partial charge in [0.2, 0.25) is 0 Å². The maximum absolute atomic E-state index is 11.5. The van der Waals surface area contributed by atoms with Crippen molar-refractivity contribution >= 4 is 18.0 Å². The molecule has 1 saturated carbocycles. The molecule has 0 aromatic rings. The number of carbonyl (C=O) groups is 3. The number of hydrogen-bond donors (Lipinski definition) is 0. The van der Waals surface area contributed by atoms with Gasteiger partial charge in [-0.15, -0.1) is 0 Å². The first-order valence-corrected chi connectivity index (χ1v) is 6.39. The Morgan fingerprint density at radius 3 is 2.89 bits per heavy atom. The standard InChI is InChI=1S/C14H20O4/c1-18-14(17)7-5-3-2-4-6-12-11(10-15)8-9-13(12)16/h2,4,10-12H,3,5-9H2,1H3. The molecule has 1 aliphatic carbocycles. The van der Waals surface area contributed by atoms with Crippen LogP contribution in [0.25, 0.3) is 0 Å². The minimum Gasteiger partial charge on any atom is -0.469 e. The summed E-state index contributed by atoms with van der Waals surface area (Å²) in [5, 5.41) is 0. The van der Waals surface area contributed by atoms with E-state index in [1.807, 2.05) is 12.2 Å². The zero-order chi connectivity index (χ0) is 13.4. The Bertz CT molecular complexity index is 333. The molecule has 100 valence electrons. The maximum Gasteiger partial charge on any atom is 0.305 e. The molecule has 1 rings (SSSR count). The third kappa shape index (κ3) is 4.43. The molecule has 1 aliphatic rings. The van der Waals surface area contributed by atoms with Gasteiger partial charge in [-0.3, -0.25) is 9.59 Å². The van der Waals surface area contributed by atoms with Gasteiger partial charge < -0.3 is 9.53 Å². The van der Waals surface area contributed by atoms with Gasteiger partial charge in [0, 0.05) is 24.7 Å². The normalized spacial score (nSPS) is 23.5. The van der Waals surface area contributed by atoms with E-state index in [-0.39, 0.29) is 23.6 Å². The van der Waals surface area contributed by atoms with Gasteiger partial charge in [-0.2, -0.15) is 0 Å². The Morgan fingerprint density at radius 2 is 2.22 bits per heavy atom. The van der Waals surface area contributed by atoms with Gasteiger partial charge in [0.1, 0.15) is 12.1 Å². The summed E-state index contributed by atoms with van der Waals surface area (Å²) in [5.74, 6) is -0.224. The van der Waals surface area contributed by atoms with E-state index in [0.717, 1.165) is 19.1 Å². The van der Waals surface area contributed by atoms with E-state index in [2.05, 4.69) is 4.74 Å². The van der Waals surface area contributed by atoms with Crippen LogP contribution < -0.4 is 0 Å². The van der Waals surface area contributed by atoms with Crippen molar-refractivity contribution in [3.05, 3.63) is 12.2 Å². The van der Waals surface area contributed by atoms with Crippen LogP contribution in [0.3, 0.4) is 0 Å². The van der Waals surface area contributed by atoms with Crippen LogP contribution in [0.4, 0.5) is 0 Å². The quantitative estimate of drug-likeness (QED) is 0.301. The monoisotopic (exact) mass is 252 g/mol. The molecule has 18 heavy (non-hydrogen) atoms. The molecule has 0 bridgehead atoms. The lowest BCUT2D eigenvalue weighted by Crippen LogP contribution is -2.14. The fourth-order valence-electron chi connectivity index (χ4n) is 2.23. The number of methoxy groups -OCH3 is 1. The number of unbranched alkanes of at least 4 members (excludes halogenated alkanes) is 1. The molecule has 0 amide bonds. The Kier molecular flexibility index (Phi) is 6.33. The molecule has 0 N–H and O–H groups in total. The molecule has 0 spiro atoms. The molecule has 0 saturated heterocycles. The summed E-state index contributed by atoms with van der Waals surface area (Å²) in [5.41, 5.74) is 0. The van der Waals surface area contributed by atoms with Crippen molar-refractivity contribution in [3.63, 3.8) is 0 Å². The average Bonchev–Trinajstić information content (AvgIpc) is 2.74. The number of ketones is 1. The SMILES string of the molecule is COC(=O)CCCC=CCC1C(=O)CCC1C=O. The van der Waals surface area contributed by atoms with Gasteiger partial charge in [-0.05, 0) is 25.7 Å². The highest BCUT2D eigenvalue weighted by Crippen LogP contribution is 2.29. The number of carbonyl (C=O) groups excluding carboxylic acids is 3. The first kappa shape index (κ1) is 14.6. The summed E-state index contributed by atoms with van der Waals surface area (Å²) >= 11 is 0. The Morgan fingerprint density at radius 1 is 1.44 bits per heavy atom. The molecule has 1 fully saturated rings. The van der Waals surface area contributed by atoms with Crippen LogP contribution in [-0.4, -0.2) is 25.1 Å². The molecule has 0 radical (unpaired) electrons. The summed E-state index contributed by atoms with van der Waals surface area (Å²) in [7, 11) is 1.38. The van der Waals surface area contributed by atoms with Crippen molar-refractivity contribution in [1.82, 2.24) is 0 Å². The van der Waals surface area contributed by atoms with Gasteiger partial charge in [-0.1, -0.05) is 12.2 Å². The highest BCUT2D eigenvalue weighted by Gasteiger charge is 2.32. The minimum absolute atomic E-state index is 0.0998. The van der Waals surface area contributed by atoms with E-state index in [0.29, 0.717) is 25.7 Å². The number of allylic oxidation sites excluding steroid dienone is 2. The highest BCUT2D eigenvalue weighted by molar-refractivity contribution is 5.87. The van der Waals surface area contributed by atoms with Crippen LogP contribution in [0.1, 0.15) is 38.5 Å². The van der Waals surface area contributed by atoms with Crippen molar-refractivity contribution < 1.29 is 19.1 Å². The predicted octanol–water partition coefficient (Wildman–Crippen LogP) is 2.07. The molecule has 2 atom stereocenters. The summed E-state index contributed by atoms with van der Waals surface area (Å²) in [4.78, 5) is 33.2. The van der Waals surface area contributed by atoms with Gasteiger partial charge in [0.05, 0.1) is 7.11 Å². The van der Waals surface area contributed by atoms with Crippen LogP contribution in [-0.2, 0) is 19.1 Å². The second kappa shape index (κ2) is 7.80. The lowest BCUT2D eigenvalue weighted by Gasteiger charge is -2.09. The van der Waals surface area contributed by atoms with Gasteiger partial charge >= 0.3 is 5.97 Å². The Hall–Kier alpha value is -1.45. The molecule has 0 aliphatic heterocycles. The first-order chi connectivity index (χ1) is 8.69. The van der Waals surface area contributed by atoms with Crippen LogP contribution in [0.5, 0.6) is 0 Å². The first-order valence-electron chi connectivity index (χ1n) is 6.39. The van der Waals surface area contributed by atoms with Crippen LogP contribution in [0.2, 0.25) is 0 Å². The average molecular weight is 252 g/mol. The van der Waals surface area contributed by atoms with Crippen molar-refractivity contribution in [3.8, 4) is 0 Å². The zero-order valence-electron chi connectivity index (χ0n) is 10.8. The van der Waals surface area contributed by atoms with E-state index in [1.165, 1.54) is 7.11 Å². The summed E-state index contributed by atoms with van der Waals surface area (Å²) in [6.45, 7) is 0. The molecule has 4 nitrogen and oxygen atoms in total. The largest absolute Gasteiger partial charge is 0.469 e. The third-order valence-corrected chi connectivity index (χ3v) is 3.37. The summed E-state index contributed by atoms with van der Waals surface area (Å²) in [6.07, 6.45) is 8.65. The number of rotatable bonds is 7. The molecular formula is C14H20O4.